The predicted octanol–water partition coefficient (Wildman–Crippen LogP) is 2.18. The van der Waals surface area contributed by atoms with Crippen LogP contribution in [-0.4, -0.2) is 25.2 Å². The SMILES string of the molecule is Cc1nn(Cc2ccc(Cl)cc2Cl)c2nn[nH]c(=O)c12. The van der Waals surface area contributed by atoms with Crippen molar-refractivity contribution in [1.29, 1.82) is 0 Å². The van der Waals surface area contributed by atoms with Gasteiger partial charge in [0.25, 0.3) is 5.56 Å². The van der Waals surface area contributed by atoms with Crippen LogP contribution in [0.5, 0.6) is 0 Å². The van der Waals surface area contributed by atoms with Gasteiger partial charge in [0.2, 0.25) is 0 Å². The maximum atomic E-state index is 11.7. The van der Waals surface area contributed by atoms with E-state index in [0.29, 0.717) is 33.3 Å². The number of nitrogens with one attached hydrogen (secondary N) is 1. The monoisotopic (exact) mass is 309 g/mol. The molecular weight excluding hydrogens is 301 g/mol. The van der Waals surface area contributed by atoms with Gasteiger partial charge in [0.1, 0.15) is 5.39 Å². The van der Waals surface area contributed by atoms with E-state index in [1.165, 1.54) is 0 Å². The third kappa shape index (κ3) is 2.17. The molecule has 0 aliphatic carbocycles. The molecule has 0 saturated heterocycles. The Hall–Kier alpha value is -1.92. The first-order valence-corrected chi connectivity index (χ1v) is 6.54. The fourth-order valence-corrected chi connectivity index (χ4v) is 2.50. The third-order valence-electron chi connectivity index (χ3n) is 2.96. The van der Waals surface area contributed by atoms with E-state index in [9.17, 15) is 4.79 Å². The first kappa shape index (κ1) is 13.1. The van der Waals surface area contributed by atoms with Crippen molar-refractivity contribution in [2.45, 2.75) is 13.5 Å². The summed E-state index contributed by atoms with van der Waals surface area (Å²) in [6.45, 7) is 2.14. The van der Waals surface area contributed by atoms with Gasteiger partial charge in [-0.1, -0.05) is 34.5 Å². The van der Waals surface area contributed by atoms with Crippen LogP contribution in [0.2, 0.25) is 10.0 Å². The highest BCUT2D eigenvalue weighted by molar-refractivity contribution is 6.35. The molecule has 3 rings (SSSR count). The molecule has 8 heteroatoms. The maximum absolute atomic E-state index is 11.7. The molecule has 0 radical (unpaired) electrons. The molecule has 20 heavy (non-hydrogen) atoms. The molecule has 1 aromatic carbocycles. The molecule has 0 atom stereocenters. The minimum atomic E-state index is -0.305. The highest BCUT2D eigenvalue weighted by Gasteiger charge is 2.13. The van der Waals surface area contributed by atoms with Gasteiger partial charge in [-0.05, 0) is 24.6 Å². The van der Waals surface area contributed by atoms with Crippen LogP contribution >= 0.6 is 23.2 Å². The molecule has 0 unspecified atom stereocenters. The van der Waals surface area contributed by atoms with E-state index in [1.807, 2.05) is 6.07 Å². The van der Waals surface area contributed by atoms with Gasteiger partial charge in [-0.15, -0.1) is 5.10 Å². The molecule has 2 heterocycles. The Morgan fingerprint density at radius 3 is 2.90 bits per heavy atom. The third-order valence-corrected chi connectivity index (χ3v) is 3.55. The molecule has 0 saturated carbocycles. The van der Waals surface area contributed by atoms with Gasteiger partial charge in [-0.3, -0.25) is 4.79 Å². The Kier molecular flexibility index (Phi) is 3.19. The number of benzene rings is 1. The number of aryl methyl sites for hydroxylation is 1. The van der Waals surface area contributed by atoms with Gasteiger partial charge in [0.15, 0.2) is 5.65 Å². The van der Waals surface area contributed by atoms with Crippen molar-refractivity contribution in [3.63, 3.8) is 0 Å². The smallest absolute Gasteiger partial charge is 0.267 e. The lowest BCUT2D eigenvalue weighted by molar-refractivity contribution is 0.686. The van der Waals surface area contributed by atoms with E-state index in [4.69, 9.17) is 23.2 Å². The van der Waals surface area contributed by atoms with E-state index < -0.39 is 0 Å². The summed E-state index contributed by atoms with van der Waals surface area (Å²) in [6, 6.07) is 5.23. The Morgan fingerprint density at radius 2 is 2.15 bits per heavy atom. The Labute approximate surface area is 123 Å². The molecule has 1 N–H and O–H groups in total. The summed E-state index contributed by atoms with van der Waals surface area (Å²) in [6.07, 6.45) is 0. The van der Waals surface area contributed by atoms with Crippen LogP contribution in [0.15, 0.2) is 23.0 Å². The van der Waals surface area contributed by atoms with Crippen LogP contribution in [0.4, 0.5) is 0 Å². The number of hydrogen-bond acceptors (Lipinski definition) is 4. The zero-order valence-electron chi connectivity index (χ0n) is 10.4. The second-order valence-corrected chi connectivity index (χ2v) is 5.16. The number of rotatable bonds is 2. The Balaban J connectivity index is 2.12. The first-order chi connectivity index (χ1) is 9.56. The molecule has 0 fully saturated rings. The summed E-state index contributed by atoms with van der Waals surface area (Å²) in [5, 5.41) is 15.6. The number of halogens is 2. The Morgan fingerprint density at radius 1 is 1.35 bits per heavy atom. The zero-order valence-corrected chi connectivity index (χ0v) is 11.9. The summed E-state index contributed by atoms with van der Waals surface area (Å²) in [5.74, 6) is 0. The summed E-state index contributed by atoms with van der Waals surface area (Å²) in [7, 11) is 0. The van der Waals surface area contributed by atoms with Gasteiger partial charge < -0.3 is 0 Å². The number of H-pyrrole nitrogens is 1. The van der Waals surface area contributed by atoms with E-state index in [2.05, 4.69) is 20.5 Å². The fraction of sp³-hybridized carbons (Fsp3) is 0.167. The summed E-state index contributed by atoms with van der Waals surface area (Å²) in [5.41, 5.74) is 1.56. The van der Waals surface area contributed by atoms with Crippen molar-refractivity contribution in [1.82, 2.24) is 25.2 Å². The first-order valence-electron chi connectivity index (χ1n) is 5.78. The molecule has 0 aliphatic rings. The van der Waals surface area contributed by atoms with Crippen molar-refractivity contribution in [3.05, 3.63) is 49.9 Å². The molecule has 3 aromatic rings. The van der Waals surface area contributed by atoms with Crippen molar-refractivity contribution >= 4 is 34.2 Å². The standard InChI is InChI=1S/C12H9Cl2N5O/c1-6-10-11(15-18-16-12(10)20)19(17-6)5-7-2-3-8(13)4-9(7)14/h2-4H,5H2,1H3,(H,15,16,20). The zero-order chi connectivity index (χ0) is 14.3. The lowest BCUT2D eigenvalue weighted by atomic mass is 10.2. The lowest BCUT2D eigenvalue weighted by Gasteiger charge is -2.05. The predicted molar refractivity (Wildman–Crippen MR) is 76.2 cm³/mol. The lowest BCUT2D eigenvalue weighted by Crippen LogP contribution is -2.11. The van der Waals surface area contributed by atoms with Crippen molar-refractivity contribution < 1.29 is 0 Å². The minimum Gasteiger partial charge on any atom is -0.267 e. The van der Waals surface area contributed by atoms with Crippen molar-refractivity contribution in [3.8, 4) is 0 Å². The van der Waals surface area contributed by atoms with Gasteiger partial charge in [0, 0.05) is 10.0 Å². The van der Waals surface area contributed by atoms with E-state index >= 15 is 0 Å². The Bertz CT molecular complexity index is 855. The van der Waals surface area contributed by atoms with E-state index in [-0.39, 0.29) is 5.56 Å². The molecule has 0 aliphatic heterocycles. The summed E-state index contributed by atoms with van der Waals surface area (Å²) in [4.78, 5) is 11.7. The van der Waals surface area contributed by atoms with Crippen LogP contribution in [0.25, 0.3) is 11.0 Å². The molecule has 0 spiro atoms. The molecule has 6 nitrogen and oxygen atoms in total. The summed E-state index contributed by atoms with van der Waals surface area (Å²) >= 11 is 12.0. The average molecular weight is 310 g/mol. The minimum absolute atomic E-state index is 0.305. The molecule has 0 bridgehead atoms. The van der Waals surface area contributed by atoms with Crippen LogP contribution in [0.3, 0.4) is 0 Å². The second-order valence-electron chi connectivity index (χ2n) is 4.32. The van der Waals surface area contributed by atoms with Crippen molar-refractivity contribution in [2.75, 3.05) is 0 Å². The number of fused-ring (bicyclic) bond motifs is 1. The number of hydrogen-bond donors (Lipinski definition) is 1. The molecule has 0 amide bonds. The largest absolute Gasteiger partial charge is 0.278 e. The van der Waals surface area contributed by atoms with E-state index in [1.54, 1.807) is 23.7 Å². The van der Waals surface area contributed by atoms with Crippen LogP contribution in [0.1, 0.15) is 11.3 Å². The normalized spacial score (nSPS) is 11.2. The van der Waals surface area contributed by atoms with Gasteiger partial charge in [0.05, 0.1) is 12.2 Å². The average Bonchev–Trinajstić information content (AvgIpc) is 2.71. The topological polar surface area (TPSA) is 76.5 Å². The maximum Gasteiger partial charge on any atom is 0.278 e. The number of aromatic nitrogens is 5. The van der Waals surface area contributed by atoms with Gasteiger partial charge in [-0.2, -0.15) is 5.10 Å². The molecule has 2 aromatic heterocycles. The van der Waals surface area contributed by atoms with Gasteiger partial charge in [-0.25, -0.2) is 9.78 Å². The second kappa shape index (κ2) is 4.88. The van der Waals surface area contributed by atoms with Crippen LogP contribution in [-0.2, 0) is 6.54 Å². The highest BCUT2D eigenvalue weighted by atomic mass is 35.5. The molecular formula is C12H9Cl2N5O. The number of nitrogens with zero attached hydrogens (tertiary/aromatic N) is 4. The van der Waals surface area contributed by atoms with Crippen LogP contribution < -0.4 is 5.56 Å². The number of aromatic amines is 1. The van der Waals surface area contributed by atoms with Gasteiger partial charge >= 0.3 is 0 Å². The summed E-state index contributed by atoms with van der Waals surface area (Å²) < 4.78 is 1.60. The fourth-order valence-electron chi connectivity index (χ4n) is 2.03. The quantitative estimate of drug-likeness (QED) is 0.787. The van der Waals surface area contributed by atoms with E-state index in [0.717, 1.165) is 5.56 Å². The van der Waals surface area contributed by atoms with Crippen LogP contribution in [0, 0.1) is 6.92 Å². The molecule has 102 valence electrons. The highest BCUT2D eigenvalue weighted by Crippen LogP contribution is 2.22. The van der Waals surface area contributed by atoms with Crippen molar-refractivity contribution in [2.24, 2.45) is 0 Å².